The lowest BCUT2D eigenvalue weighted by atomic mass is 9.98. The molecule has 1 N–H and O–H groups in total. The Kier molecular flexibility index (Phi) is 5.13. The minimum atomic E-state index is -0.207. The quantitative estimate of drug-likeness (QED) is 0.866. The van der Waals surface area contributed by atoms with Gasteiger partial charge in [0.25, 0.3) is 0 Å². The van der Waals surface area contributed by atoms with Gasteiger partial charge >= 0.3 is 0 Å². The number of para-hydroxylation sites is 1. The predicted molar refractivity (Wildman–Crippen MR) is 79.5 cm³/mol. The van der Waals surface area contributed by atoms with Crippen LogP contribution in [0, 0.1) is 5.82 Å². The zero-order valence-electron chi connectivity index (χ0n) is 11.9. The number of rotatable bonds is 6. The normalized spacial score (nSPS) is 12.2. The average Bonchev–Trinajstić information content (AvgIpc) is 2.48. The van der Waals surface area contributed by atoms with Gasteiger partial charge in [-0.15, -0.1) is 0 Å². The van der Waals surface area contributed by atoms with E-state index in [1.807, 2.05) is 30.3 Å². The van der Waals surface area contributed by atoms with Crippen molar-refractivity contribution in [2.75, 3.05) is 13.7 Å². The van der Waals surface area contributed by atoms with Gasteiger partial charge in [-0.2, -0.15) is 0 Å². The second-order valence-electron chi connectivity index (χ2n) is 4.68. The van der Waals surface area contributed by atoms with Gasteiger partial charge in [-0.1, -0.05) is 37.3 Å². The molecular weight excluding hydrogens is 253 g/mol. The van der Waals surface area contributed by atoms with Crippen molar-refractivity contribution in [3.05, 3.63) is 65.5 Å². The Morgan fingerprint density at radius 1 is 1.10 bits per heavy atom. The maximum Gasteiger partial charge on any atom is 0.123 e. The molecule has 20 heavy (non-hydrogen) atoms. The van der Waals surface area contributed by atoms with Crippen LogP contribution in [0.2, 0.25) is 0 Å². The van der Waals surface area contributed by atoms with Gasteiger partial charge in [-0.05, 0) is 42.3 Å². The summed E-state index contributed by atoms with van der Waals surface area (Å²) in [5.41, 5.74) is 2.23. The second kappa shape index (κ2) is 7.06. The summed E-state index contributed by atoms with van der Waals surface area (Å²) in [6.45, 7) is 2.93. The summed E-state index contributed by atoms with van der Waals surface area (Å²) in [6, 6.07) is 14.8. The first-order valence-electron chi connectivity index (χ1n) is 6.85. The number of ether oxygens (including phenoxy) is 1. The summed E-state index contributed by atoms with van der Waals surface area (Å²) in [5.74, 6) is 0.679. The van der Waals surface area contributed by atoms with Gasteiger partial charge in [0.1, 0.15) is 11.6 Å². The lowest BCUT2D eigenvalue weighted by Crippen LogP contribution is -2.23. The van der Waals surface area contributed by atoms with Gasteiger partial charge in [0.2, 0.25) is 0 Å². The van der Waals surface area contributed by atoms with E-state index in [0.29, 0.717) is 0 Å². The maximum atomic E-state index is 13.0. The summed E-state index contributed by atoms with van der Waals surface area (Å²) < 4.78 is 18.4. The molecule has 2 rings (SSSR count). The van der Waals surface area contributed by atoms with E-state index in [1.54, 1.807) is 7.11 Å². The standard InChI is InChI=1S/C17H20FNO/c1-3-19-16(13-8-10-15(18)11-9-13)12-14-6-4-5-7-17(14)20-2/h4-11,16,19H,3,12H2,1-2H3. The molecule has 0 spiro atoms. The summed E-state index contributed by atoms with van der Waals surface area (Å²) in [5, 5.41) is 3.44. The van der Waals surface area contributed by atoms with Crippen LogP contribution >= 0.6 is 0 Å². The zero-order chi connectivity index (χ0) is 14.4. The molecule has 1 atom stereocenters. The summed E-state index contributed by atoms with van der Waals surface area (Å²) in [4.78, 5) is 0. The SMILES string of the molecule is CCNC(Cc1ccccc1OC)c1ccc(F)cc1. The van der Waals surface area contributed by atoms with Crippen molar-refractivity contribution in [2.24, 2.45) is 0 Å². The molecule has 0 saturated heterocycles. The highest BCUT2D eigenvalue weighted by atomic mass is 19.1. The topological polar surface area (TPSA) is 21.3 Å². The monoisotopic (exact) mass is 273 g/mol. The molecule has 2 aromatic carbocycles. The van der Waals surface area contributed by atoms with Crippen LogP contribution in [0.4, 0.5) is 4.39 Å². The molecule has 0 aliphatic rings. The van der Waals surface area contributed by atoms with Gasteiger partial charge in [0.05, 0.1) is 7.11 Å². The number of hydrogen-bond donors (Lipinski definition) is 1. The van der Waals surface area contributed by atoms with E-state index in [1.165, 1.54) is 12.1 Å². The maximum absolute atomic E-state index is 13.0. The molecule has 3 heteroatoms. The van der Waals surface area contributed by atoms with Crippen LogP contribution in [-0.4, -0.2) is 13.7 Å². The number of hydrogen-bond acceptors (Lipinski definition) is 2. The van der Waals surface area contributed by atoms with Crippen molar-refractivity contribution < 1.29 is 9.13 Å². The van der Waals surface area contributed by atoms with Crippen LogP contribution < -0.4 is 10.1 Å². The third kappa shape index (κ3) is 3.58. The Morgan fingerprint density at radius 2 is 1.80 bits per heavy atom. The first-order chi connectivity index (χ1) is 9.74. The van der Waals surface area contributed by atoms with E-state index in [4.69, 9.17) is 4.74 Å². The molecule has 1 unspecified atom stereocenters. The molecule has 106 valence electrons. The number of benzene rings is 2. The molecular formula is C17H20FNO. The van der Waals surface area contributed by atoms with Gasteiger partial charge in [0, 0.05) is 6.04 Å². The van der Waals surface area contributed by atoms with Gasteiger partial charge in [-0.25, -0.2) is 4.39 Å². The fourth-order valence-electron chi connectivity index (χ4n) is 2.34. The molecule has 0 bridgehead atoms. The molecule has 0 saturated carbocycles. The first kappa shape index (κ1) is 14.5. The molecule has 0 amide bonds. The van der Waals surface area contributed by atoms with E-state index in [0.717, 1.165) is 29.8 Å². The molecule has 2 aromatic rings. The van der Waals surface area contributed by atoms with Crippen LogP contribution in [-0.2, 0) is 6.42 Å². The molecule has 0 aliphatic carbocycles. The smallest absolute Gasteiger partial charge is 0.123 e. The third-order valence-electron chi connectivity index (χ3n) is 3.34. The third-order valence-corrected chi connectivity index (χ3v) is 3.34. The lowest BCUT2D eigenvalue weighted by Gasteiger charge is -2.20. The Labute approximate surface area is 119 Å². The number of halogens is 1. The predicted octanol–water partition coefficient (Wildman–Crippen LogP) is 3.73. The van der Waals surface area contributed by atoms with E-state index in [9.17, 15) is 4.39 Å². The first-order valence-corrected chi connectivity index (χ1v) is 6.85. The van der Waals surface area contributed by atoms with Gasteiger partial charge < -0.3 is 10.1 Å². The van der Waals surface area contributed by atoms with Crippen molar-refractivity contribution in [3.8, 4) is 5.75 Å². The Balaban J connectivity index is 2.23. The Bertz CT molecular complexity index is 539. The average molecular weight is 273 g/mol. The van der Waals surface area contributed by atoms with Crippen molar-refractivity contribution in [1.29, 1.82) is 0 Å². The fourth-order valence-corrected chi connectivity index (χ4v) is 2.34. The zero-order valence-corrected chi connectivity index (χ0v) is 11.9. The van der Waals surface area contributed by atoms with E-state index >= 15 is 0 Å². The minimum absolute atomic E-state index is 0.150. The van der Waals surface area contributed by atoms with Crippen molar-refractivity contribution in [2.45, 2.75) is 19.4 Å². The molecule has 0 radical (unpaired) electrons. The minimum Gasteiger partial charge on any atom is -0.496 e. The molecule has 2 nitrogen and oxygen atoms in total. The molecule has 0 heterocycles. The Morgan fingerprint density at radius 3 is 2.45 bits per heavy atom. The fraction of sp³-hybridized carbons (Fsp3) is 0.294. The highest BCUT2D eigenvalue weighted by molar-refractivity contribution is 5.35. The number of methoxy groups -OCH3 is 1. The summed E-state index contributed by atoms with van der Waals surface area (Å²) >= 11 is 0. The van der Waals surface area contributed by atoms with Crippen molar-refractivity contribution in [1.82, 2.24) is 5.32 Å². The summed E-state index contributed by atoms with van der Waals surface area (Å²) in [6.07, 6.45) is 0.809. The molecule has 0 fully saturated rings. The van der Waals surface area contributed by atoms with Crippen molar-refractivity contribution in [3.63, 3.8) is 0 Å². The second-order valence-corrected chi connectivity index (χ2v) is 4.68. The van der Waals surface area contributed by atoms with Gasteiger partial charge in [0.15, 0.2) is 0 Å². The molecule has 0 aliphatic heterocycles. The number of nitrogens with one attached hydrogen (secondary N) is 1. The van der Waals surface area contributed by atoms with E-state index < -0.39 is 0 Å². The van der Waals surface area contributed by atoms with E-state index in [2.05, 4.69) is 18.3 Å². The lowest BCUT2D eigenvalue weighted by molar-refractivity contribution is 0.405. The van der Waals surface area contributed by atoms with Crippen molar-refractivity contribution >= 4 is 0 Å². The van der Waals surface area contributed by atoms with E-state index in [-0.39, 0.29) is 11.9 Å². The van der Waals surface area contributed by atoms with Crippen LogP contribution in [0.5, 0.6) is 5.75 Å². The largest absolute Gasteiger partial charge is 0.496 e. The van der Waals surface area contributed by atoms with Crippen LogP contribution in [0.1, 0.15) is 24.1 Å². The van der Waals surface area contributed by atoms with Gasteiger partial charge in [-0.3, -0.25) is 0 Å². The summed E-state index contributed by atoms with van der Waals surface area (Å²) in [7, 11) is 1.68. The van der Waals surface area contributed by atoms with Crippen LogP contribution in [0.25, 0.3) is 0 Å². The molecule has 0 aromatic heterocycles. The Hall–Kier alpha value is -1.87. The van der Waals surface area contributed by atoms with Crippen LogP contribution in [0.15, 0.2) is 48.5 Å². The highest BCUT2D eigenvalue weighted by Crippen LogP contribution is 2.25. The van der Waals surface area contributed by atoms with Crippen LogP contribution in [0.3, 0.4) is 0 Å². The number of likely N-dealkylation sites (N-methyl/N-ethyl adjacent to an activating group) is 1. The highest BCUT2D eigenvalue weighted by Gasteiger charge is 2.13.